The Hall–Kier alpha value is -0.970. The van der Waals surface area contributed by atoms with Gasteiger partial charge in [-0.3, -0.25) is 0 Å². The molecule has 62 valence electrons. The maximum atomic E-state index is 5.40. The van der Waals surface area contributed by atoms with E-state index in [0.717, 1.165) is 25.2 Å². The Morgan fingerprint density at radius 2 is 2.36 bits per heavy atom. The van der Waals surface area contributed by atoms with Gasteiger partial charge in [-0.2, -0.15) is 0 Å². The van der Waals surface area contributed by atoms with Gasteiger partial charge in [0.15, 0.2) is 5.82 Å². The molecule has 5 nitrogen and oxygen atoms in total. The number of aromatic nitrogens is 4. The standard InChI is InChI=1S/C6H13N5/c1-2-3-4-11-6(5-7)8-9-10-11/h2-5,7H2,1H3. The fraction of sp³-hybridized carbons (Fsp3) is 0.833. The Morgan fingerprint density at radius 1 is 1.55 bits per heavy atom. The number of unbranched alkanes of at least 4 members (excludes halogenated alkanes) is 1. The van der Waals surface area contributed by atoms with Crippen molar-refractivity contribution in [2.45, 2.75) is 32.9 Å². The molecule has 2 N–H and O–H groups in total. The molecule has 1 aromatic rings. The summed E-state index contributed by atoms with van der Waals surface area (Å²) in [5.41, 5.74) is 5.40. The van der Waals surface area contributed by atoms with E-state index in [2.05, 4.69) is 22.4 Å². The van der Waals surface area contributed by atoms with Crippen molar-refractivity contribution in [2.24, 2.45) is 5.73 Å². The summed E-state index contributed by atoms with van der Waals surface area (Å²) in [5.74, 6) is 0.762. The van der Waals surface area contributed by atoms with Gasteiger partial charge < -0.3 is 5.73 Å². The second-order valence-corrected chi connectivity index (χ2v) is 2.38. The molecule has 0 aliphatic heterocycles. The molecule has 11 heavy (non-hydrogen) atoms. The zero-order chi connectivity index (χ0) is 8.10. The predicted molar refractivity (Wildman–Crippen MR) is 40.6 cm³/mol. The highest BCUT2D eigenvalue weighted by Crippen LogP contribution is 1.94. The van der Waals surface area contributed by atoms with E-state index in [1.807, 2.05) is 0 Å². The van der Waals surface area contributed by atoms with Crippen molar-refractivity contribution < 1.29 is 0 Å². The van der Waals surface area contributed by atoms with E-state index in [1.54, 1.807) is 4.68 Å². The highest BCUT2D eigenvalue weighted by Gasteiger charge is 2.00. The maximum absolute atomic E-state index is 5.40. The summed E-state index contributed by atoms with van der Waals surface area (Å²) < 4.78 is 1.75. The summed E-state index contributed by atoms with van der Waals surface area (Å²) in [6.45, 7) is 3.42. The van der Waals surface area contributed by atoms with Crippen LogP contribution in [0.15, 0.2) is 0 Å². The molecule has 0 spiro atoms. The number of aryl methyl sites for hydroxylation is 1. The minimum absolute atomic E-state index is 0.413. The quantitative estimate of drug-likeness (QED) is 0.661. The first-order chi connectivity index (χ1) is 5.38. The third-order valence-corrected chi connectivity index (χ3v) is 1.51. The molecule has 5 heteroatoms. The smallest absolute Gasteiger partial charge is 0.164 e. The molecule has 1 rings (SSSR count). The Labute approximate surface area is 65.6 Å². The third-order valence-electron chi connectivity index (χ3n) is 1.51. The van der Waals surface area contributed by atoms with Crippen molar-refractivity contribution in [3.05, 3.63) is 5.82 Å². The average molecular weight is 155 g/mol. The monoisotopic (exact) mass is 155 g/mol. The average Bonchev–Trinajstić information content (AvgIpc) is 2.47. The molecule has 0 aliphatic rings. The summed E-state index contributed by atoms with van der Waals surface area (Å²) >= 11 is 0. The zero-order valence-corrected chi connectivity index (χ0v) is 6.69. The fourth-order valence-electron chi connectivity index (χ4n) is 0.851. The Morgan fingerprint density at radius 3 is 3.00 bits per heavy atom. The van der Waals surface area contributed by atoms with Gasteiger partial charge in [0.05, 0.1) is 6.54 Å². The Kier molecular flexibility index (Phi) is 2.97. The molecule has 1 aromatic heterocycles. The summed E-state index contributed by atoms with van der Waals surface area (Å²) in [5, 5.41) is 11.1. The Balaban J connectivity index is 2.54. The van der Waals surface area contributed by atoms with E-state index in [9.17, 15) is 0 Å². The minimum Gasteiger partial charge on any atom is -0.324 e. The van der Waals surface area contributed by atoms with Crippen molar-refractivity contribution in [2.75, 3.05) is 0 Å². The van der Waals surface area contributed by atoms with Gasteiger partial charge in [-0.1, -0.05) is 13.3 Å². The van der Waals surface area contributed by atoms with Crippen LogP contribution in [0.3, 0.4) is 0 Å². The number of hydrogen-bond donors (Lipinski definition) is 1. The minimum atomic E-state index is 0.413. The van der Waals surface area contributed by atoms with Crippen LogP contribution in [-0.4, -0.2) is 20.2 Å². The highest BCUT2D eigenvalue weighted by atomic mass is 15.5. The van der Waals surface area contributed by atoms with Crippen LogP contribution in [0.1, 0.15) is 25.6 Å². The van der Waals surface area contributed by atoms with E-state index >= 15 is 0 Å². The summed E-state index contributed by atoms with van der Waals surface area (Å²) in [6, 6.07) is 0. The number of rotatable bonds is 4. The Bertz CT molecular complexity index is 206. The van der Waals surface area contributed by atoms with Gasteiger partial charge in [-0.25, -0.2) is 4.68 Å². The lowest BCUT2D eigenvalue weighted by Crippen LogP contribution is -2.09. The molecule has 0 atom stereocenters. The number of hydrogen-bond acceptors (Lipinski definition) is 4. The van der Waals surface area contributed by atoms with Gasteiger partial charge in [0.25, 0.3) is 0 Å². The lowest BCUT2D eigenvalue weighted by molar-refractivity contribution is 0.533. The van der Waals surface area contributed by atoms with Crippen LogP contribution in [0.4, 0.5) is 0 Å². The SMILES string of the molecule is CCCCn1nnnc1CN. The van der Waals surface area contributed by atoms with Crippen LogP contribution in [0.2, 0.25) is 0 Å². The summed E-state index contributed by atoms with van der Waals surface area (Å²) in [4.78, 5) is 0. The van der Waals surface area contributed by atoms with Crippen molar-refractivity contribution >= 4 is 0 Å². The molecule has 0 saturated heterocycles. The first-order valence-corrected chi connectivity index (χ1v) is 3.83. The largest absolute Gasteiger partial charge is 0.324 e. The van der Waals surface area contributed by atoms with Crippen LogP contribution in [-0.2, 0) is 13.1 Å². The van der Waals surface area contributed by atoms with Gasteiger partial charge in [-0.05, 0) is 16.8 Å². The first-order valence-electron chi connectivity index (χ1n) is 3.83. The van der Waals surface area contributed by atoms with Crippen molar-refractivity contribution in [1.29, 1.82) is 0 Å². The molecule has 1 heterocycles. The summed E-state index contributed by atoms with van der Waals surface area (Å²) in [7, 11) is 0. The van der Waals surface area contributed by atoms with Crippen molar-refractivity contribution in [3.63, 3.8) is 0 Å². The molecular weight excluding hydrogens is 142 g/mol. The second-order valence-electron chi connectivity index (χ2n) is 2.38. The van der Waals surface area contributed by atoms with Crippen molar-refractivity contribution in [1.82, 2.24) is 20.2 Å². The number of tetrazole rings is 1. The van der Waals surface area contributed by atoms with Gasteiger partial charge in [-0.15, -0.1) is 5.10 Å². The number of nitrogens with zero attached hydrogens (tertiary/aromatic N) is 4. The molecule has 0 aromatic carbocycles. The number of nitrogens with two attached hydrogens (primary N) is 1. The van der Waals surface area contributed by atoms with Crippen LogP contribution in [0, 0.1) is 0 Å². The first kappa shape index (κ1) is 8.13. The van der Waals surface area contributed by atoms with E-state index in [1.165, 1.54) is 0 Å². The lowest BCUT2D eigenvalue weighted by Gasteiger charge is -1.99. The molecule has 0 saturated carbocycles. The van der Waals surface area contributed by atoms with Gasteiger partial charge in [0, 0.05) is 6.54 Å². The van der Waals surface area contributed by atoms with Crippen LogP contribution >= 0.6 is 0 Å². The van der Waals surface area contributed by atoms with Crippen molar-refractivity contribution in [3.8, 4) is 0 Å². The van der Waals surface area contributed by atoms with Crippen LogP contribution in [0.25, 0.3) is 0 Å². The lowest BCUT2D eigenvalue weighted by atomic mass is 10.3. The highest BCUT2D eigenvalue weighted by molar-refractivity contribution is 4.77. The zero-order valence-electron chi connectivity index (χ0n) is 6.69. The molecule has 0 radical (unpaired) electrons. The molecule has 0 unspecified atom stereocenters. The van der Waals surface area contributed by atoms with E-state index < -0.39 is 0 Å². The third kappa shape index (κ3) is 1.98. The maximum Gasteiger partial charge on any atom is 0.164 e. The fourth-order valence-corrected chi connectivity index (χ4v) is 0.851. The topological polar surface area (TPSA) is 69.6 Å². The van der Waals surface area contributed by atoms with E-state index in [-0.39, 0.29) is 0 Å². The molecule has 0 bridgehead atoms. The van der Waals surface area contributed by atoms with E-state index in [0.29, 0.717) is 6.54 Å². The predicted octanol–water partition coefficient (Wildman–Crippen LogP) is -0.0681. The molecular formula is C6H13N5. The van der Waals surface area contributed by atoms with E-state index in [4.69, 9.17) is 5.73 Å². The normalized spacial score (nSPS) is 10.4. The second kappa shape index (κ2) is 4.02. The molecule has 0 aliphatic carbocycles. The molecule has 0 amide bonds. The van der Waals surface area contributed by atoms with Crippen LogP contribution in [0.5, 0.6) is 0 Å². The van der Waals surface area contributed by atoms with Gasteiger partial charge >= 0.3 is 0 Å². The molecule has 0 fully saturated rings. The summed E-state index contributed by atoms with van der Waals surface area (Å²) in [6.07, 6.45) is 2.24. The van der Waals surface area contributed by atoms with Gasteiger partial charge in [0.2, 0.25) is 0 Å². The van der Waals surface area contributed by atoms with Crippen LogP contribution < -0.4 is 5.73 Å². The van der Waals surface area contributed by atoms with Gasteiger partial charge in [0.1, 0.15) is 0 Å².